The maximum atomic E-state index is 15.5. The minimum absolute atomic E-state index is 0.0433. The van der Waals surface area contributed by atoms with Gasteiger partial charge in [-0.05, 0) is 61.9 Å². The molecule has 0 radical (unpaired) electrons. The van der Waals surface area contributed by atoms with Gasteiger partial charge < -0.3 is 19.0 Å². The average Bonchev–Trinajstić information content (AvgIpc) is 3.48. The number of aromatic nitrogens is 3. The summed E-state index contributed by atoms with van der Waals surface area (Å²) in [7, 11) is 1.60. The van der Waals surface area contributed by atoms with Crippen LogP contribution in [0, 0.1) is 35.8 Å². The number of piperidine rings is 1. The number of hydrogen-bond acceptors (Lipinski definition) is 5. The van der Waals surface area contributed by atoms with Crippen LogP contribution in [0.4, 0.5) is 13.6 Å². The van der Waals surface area contributed by atoms with Crippen molar-refractivity contribution in [3.63, 3.8) is 0 Å². The van der Waals surface area contributed by atoms with Crippen LogP contribution >= 0.6 is 0 Å². The molecule has 5 rings (SSSR count). The van der Waals surface area contributed by atoms with Crippen LogP contribution in [-0.4, -0.2) is 45.4 Å². The summed E-state index contributed by atoms with van der Waals surface area (Å²) in [6, 6.07) is 7.74. The first kappa shape index (κ1) is 23.5. The number of rotatable bonds is 4. The van der Waals surface area contributed by atoms with Crippen molar-refractivity contribution in [3.8, 4) is 28.8 Å². The van der Waals surface area contributed by atoms with Gasteiger partial charge in [-0.25, -0.2) is 23.5 Å². The van der Waals surface area contributed by atoms with Gasteiger partial charge >= 0.3 is 6.03 Å². The summed E-state index contributed by atoms with van der Waals surface area (Å²) in [5.74, 6) is -1.60. The number of hydrogen-bond donors (Lipinski definition) is 1. The lowest BCUT2D eigenvalue weighted by molar-refractivity contribution is 0.167. The molecule has 10 heteroatoms. The number of nitrogens with one attached hydrogen (secondary N) is 1. The number of carbonyl (C=O) groups is 1. The van der Waals surface area contributed by atoms with E-state index in [4.69, 9.17) is 9.68 Å². The Morgan fingerprint density at radius 2 is 2.08 bits per heavy atom. The molecule has 0 bridgehead atoms. The van der Waals surface area contributed by atoms with E-state index in [-0.39, 0.29) is 40.4 Å². The molecule has 2 amide bonds. The Morgan fingerprint density at radius 1 is 1.31 bits per heavy atom. The van der Waals surface area contributed by atoms with Crippen LogP contribution in [0.3, 0.4) is 0 Å². The van der Waals surface area contributed by atoms with E-state index < -0.39 is 11.6 Å². The number of likely N-dealkylation sites (tertiary alicyclic amines) is 1. The van der Waals surface area contributed by atoms with Gasteiger partial charge in [0.1, 0.15) is 23.4 Å². The van der Waals surface area contributed by atoms with Gasteiger partial charge in [0.2, 0.25) is 11.7 Å². The number of imidazole rings is 1. The molecule has 4 heterocycles. The molecule has 8 nitrogen and oxygen atoms in total. The minimum atomic E-state index is -0.807. The van der Waals surface area contributed by atoms with Crippen molar-refractivity contribution < 1.29 is 18.0 Å². The molecule has 1 aliphatic heterocycles. The van der Waals surface area contributed by atoms with Crippen LogP contribution in [0.15, 0.2) is 41.1 Å². The van der Waals surface area contributed by atoms with Crippen molar-refractivity contribution in [3.05, 3.63) is 65.3 Å². The molecule has 4 aromatic rings. The fraction of sp³-hybridized carbons (Fsp3) is 0.308. The molecule has 1 aliphatic rings. The quantitative estimate of drug-likeness (QED) is 0.447. The zero-order valence-electron chi connectivity index (χ0n) is 19.9. The van der Waals surface area contributed by atoms with Gasteiger partial charge in [-0.2, -0.15) is 5.26 Å². The molecule has 184 valence electrons. The number of benzene rings is 1. The number of nitriles is 1. The van der Waals surface area contributed by atoms with Crippen LogP contribution in [0.1, 0.15) is 29.9 Å². The average molecular weight is 491 g/mol. The zero-order chi connectivity index (χ0) is 25.4. The zero-order valence-corrected chi connectivity index (χ0v) is 19.9. The van der Waals surface area contributed by atoms with Gasteiger partial charge in [-0.15, -0.1) is 0 Å². The van der Waals surface area contributed by atoms with Crippen molar-refractivity contribution >= 4 is 11.7 Å². The second-order valence-electron chi connectivity index (χ2n) is 9.01. The number of pyridine rings is 1. The largest absolute Gasteiger partial charge is 0.426 e. The Kier molecular flexibility index (Phi) is 6.14. The molecular formula is C26H24F2N6O2. The first-order valence-corrected chi connectivity index (χ1v) is 11.7. The first-order chi connectivity index (χ1) is 17.4. The number of urea groups is 1. The maximum Gasteiger partial charge on any atom is 0.317 e. The van der Waals surface area contributed by atoms with Crippen molar-refractivity contribution in [2.45, 2.75) is 26.2 Å². The Balaban J connectivity index is 1.58. The second kappa shape index (κ2) is 9.41. The summed E-state index contributed by atoms with van der Waals surface area (Å²) in [5, 5.41) is 11.6. The highest BCUT2D eigenvalue weighted by Crippen LogP contribution is 2.35. The SMILES string of the molecule is CNC(=O)N1CCCC(Cc2c(-c3c(F)cc(-c4ncc(C#N)o4)cc3F)nc3cc(C)ccn23)C1. The van der Waals surface area contributed by atoms with E-state index in [1.807, 2.05) is 29.7 Å². The number of aryl methyl sites for hydroxylation is 1. The molecule has 1 unspecified atom stereocenters. The highest BCUT2D eigenvalue weighted by Gasteiger charge is 2.28. The molecule has 0 saturated carbocycles. The molecule has 1 fully saturated rings. The topological polar surface area (TPSA) is 99.5 Å². The Morgan fingerprint density at radius 3 is 2.78 bits per heavy atom. The molecule has 3 aromatic heterocycles. The van der Waals surface area contributed by atoms with E-state index in [2.05, 4.69) is 15.3 Å². The Hall–Kier alpha value is -4.26. The van der Waals surface area contributed by atoms with Gasteiger partial charge in [0.25, 0.3) is 0 Å². The van der Waals surface area contributed by atoms with Gasteiger partial charge in [0, 0.05) is 31.9 Å². The highest BCUT2D eigenvalue weighted by molar-refractivity contribution is 5.74. The summed E-state index contributed by atoms with van der Waals surface area (Å²) < 4.78 is 38.0. The molecule has 0 spiro atoms. The van der Waals surface area contributed by atoms with Gasteiger partial charge in [-0.1, -0.05) is 0 Å². The summed E-state index contributed by atoms with van der Waals surface area (Å²) in [6.45, 7) is 3.15. The molecule has 1 N–H and O–H groups in total. The smallest absolute Gasteiger partial charge is 0.317 e. The van der Waals surface area contributed by atoms with E-state index in [0.29, 0.717) is 30.9 Å². The summed E-state index contributed by atoms with van der Waals surface area (Å²) >= 11 is 0. The van der Waals surface area contributed by atoms with Crippen LogP contribution < -0.4 is 5.32 Å². The summed E-state index contributed by atoms with van der Waals surface area (Å²) in [5.41, 5.74) is 2.33. The number of oxazole rings is 1. The molecule has 1 saturated heterocycles. The third-order valence-corrected chi connectivity index (χ3v) is 6.52. The second-order valence-corrected chi connectivity index (χ2v) is 9.01. The summed E-state index contributed by atoms with van der Waals surface area (Å²) in [4.78, 5) is 22.5. The maximum absolute atomic E-state index is 15.5. The van der Waals surface area contributed by atoms with Crippen molar-refractivity contribution in [1.29, 1.82) is 5.26 Å². The van der Waals surface area contributed by atoms with Gasteiger partial charge in [0.05, 0.1) is 23.1 Å². The van der Waals surface area contributed by atoms with Gasteiger partial charge in [0.15, 0.2) is 0 Å². The standard InChI is InChI=1S/C26H24F2N6O2/c1-15-5-7-34-21(9-16-4-3-6-33(14-16)26(35)30-2)24(32-22(34)8-15)23-19(27)10-17(11-20(23)28)25-31-13-18(12-29)36-25/h5,7-8,10-11,13,16H,3-4,6,9,14H2,1-2H3,(H,30,35). The highest BCUT2D eigenvalue weighted by atomic mass is 19.1. The van der Waals surface area contributed by atoms with Crippen LogP contribution in [0.25, 0.3) is 28.4 Å². The van der Waals surface area contributed by atoms with E-state index in [1.54, 1.807) is 18.0 Å². The minimum Gasteiger partial charge on any atom is -0.426 e. The molecule has 36 heavy (non-hydrogen) atoms. The van der Waals surface area contributed by atoms with E-state index in [1.165, 1.54) is 6.20 Å². The molecular weight excluding hydrogens is 466 g/mol. The van der Waals surface area contributed by atoms with E-state index in [9.17, 15) is 4.79 Å². The van der Waals surface area contributed by atoms with E-state index in [0.717, 1.165) is 30.5 Å². The van der Waals surface area contributed by atoms with Crippen molar-refractivity contribution in [2.24, 2.45) is 5.92 Å². The molecule has 0 aliphatic carbocycles. The molecule has 1 aromatic carbocycles. The Labute approximate surface area is 206 Å². The number of nitrogens with zero attached hydrogens (tertiary/aromatic N) is 5. The number of fused-ring (bicyclic) bond motifs is 1. The number of amides is 2. The monoisotopic (exact) mass is 490 g/mol. The normalized spacial score (nSPS) is 15.8. The fourth-order valence-electron chi connectivity index (χ4n) is 4.82. The van der Waals surface area contributed by atoms with E-state index >= 15 is 8.78 Å². The lowest BCUT2D eigenvalue weighted by Crippen LogP contribution is -2.44. The van der Waals surface area contributed by atoms with Crippen LogP contribution in [0.5, 0.6) is 0 Å². The third kappa shape index (κ3) is 4.28. The fourth-order valence-corrected chi connectivity index (χ4v) is 4.82. The van der Waals surface area contributed by atoms with Crippen molar-refractivity contribution in [1.82, 2.24) is 24.6 Å². The number of halogens is 2. The predicted molar refractivity (Wildman–Crippen MR) is 128 cm³/mol. The lowest BCUT2D eigenvalue weighted by atomic mass is 9.91. The predicted octanol–water partition coefficient (Wildman–Crippen LogP) is 4.71. The van der Waals surface area contributed by atoms with Gasteiger partial charge in [-0.3, -0.25) is 0 Å². The summed E-state index contributed by atoms with van der Waals surface area (Å²) in [6.07, 6.45) is 5.30. The number of carbonyl (C=O) groups excluding carboxylic acids is 1. The lowest BCUT2D eigenvalue weighted by Gasteiger charge is -2.32. The van der Waals surface area contributed by atoms with Crippen LogP contribution in [-0.2, 0) is 6.42 Å². The van der Waals surface area contributed by atoms with Crippen LogP contribution in [0.2, 0.25) is 0 Å². The first-order valence-electron chi connectivity index (χ1n) is 11.7. The Bertz CT molecular complexity index is 1480. The third-order valence-electron chi connectivity index (χ3n) is 6.52. The molecule has 1 atom stereocenters. The van der Waals surface area contributed by atoms with Crippen molar-refractivity contribution in [2.75, 3.05) is 20.1 Å².